The second-order valence-corrected chi connectivity index (χ2v) is 3.15. The van der Waals surface area contributed by atoms with Crippen LogP contribution in [0.2, 0.25) is 0 Å². The van der Waals surface area contributed by atoms with Crippen LogP contribution in [0, 0.1) is 0 Å². The molecule has 0 radical (unpaired) electrons. The van der Waals surface area contributed by atoms with Crippen molar-refractivity contribution in [1.82, 2.24) is 0 Å². The van der Waals surface area contributed by atoms with Crippen LogP contribution in [0.5, 0.6) is 0 Å². The average Bonchev–Trinajstić information content (AvgIpc) is 1.65. The third kappa shape index (κ3) is 1.19. The van der Waals surface area contributed by atoms with E-state index in [1.165, 1.54) is 0 Å². The number of nitrogens with zero attached hydrogens (tertiary/aromatic N) is 1. The lowest BCUT2D eigenvalue weighted by Gasteiger charge is -2.02. The molecule has 1 aliphatic rings. The number of sulfonamides is 1. The van der Waals surface area contributed by atoms with Gasteiger partial charge in [0.2, 0.25) is 0 Å². The highest BCUT2D eigenvalue weighted by molar-refractivity contribution is 7.90. The number of ether oxygens (including phenoxy) is 1. The third-order valence-electron chi connectivity index (χ3n) is 0.737. The molecule has 0 aliphatic carbocycles. The minimum atomic E-state index is -3.14. The van der Waals surface area contributed by atoms with Crippen molar-refractivity contribution in [1.29, 1.82) is 0 Å². The van der Waals surface area contributed by atoms with E-state index >= 15 is 0 Å². The second-order valence-electron chi connectivity index (χ2n) is 1.37. The van der Waals surface area contributed by atoms with Gasteiger partial charge >= 0.3 is 0 Å². The van der Waals surface area contributed by atoms with Crippen molar-refractivity contribution in [2.24, 2.45) is 4.40 Å². The van der Waals surface area contributed by atoms with Crippen LogP contribution in [0.1, 0.15) is 0 Å². The molecule has 5 heteroatoms. The number of rotatable bonds is 0. The van der Waals surface area contributed by atoms with Gasteiger partial charge in [-0.25, -0.2) is 8.42 Å². The van der Waals surface area contributed by atoms with Crippen LogP contribution in [0.4, 0.5) is 0 Å². The first-order valence-corrected chi connectivity index (χ1v) is 3.70. The van der Waals surface area contributed by atoms with Gasteiger partial charge < -0.3 is 4.74 Å². The van der Waals surface area contributed by atoms with E-state index in [2.05, 4.69) is 9.13 Å². The molecule has 8 heavy (non-hydrogen) atoms. The van der Waals surface area contributed by atoms with Gasteiger partial charge in [-0.2, -0.15) is 0 Å². The Labute approximate surface area is 47.2 Å². The van der Waals surface area contributed by atoms with Crippen LogP contribution in [0.3, 0.4) is 0 Å². The SMILES string of the molecule is O=S1(=O)CCOC=N1. The van der Waals surface area contributed by atoms with Crippen molar-refractivity contribution >= 4 is 16.4 Å². The number of hydrogen-bond donors (Lipinski definition) is 0. The van der Waals surface area contributed by atoms with Crippen LogP contribution >= 0.6 is 0 Å². The Morgan fingerprint density at radius 1 is 1.62 bits per heavy atom. The maximum Gasteiger partial charge on any atom is 0.259 e. The zero-order chi connectivity index (χ0) is 6.04. The minimum absolute atomic E-state index is 0.00347. The fourth-order valence-electron chi connectivity index (χ4n) is 0.355. The molecule has 46 valence electrons. The molecule has 4 nitrogen and oxygen atoms in total. The Kier molecular flexibility index (Phi) is 1.21. The van der Waals surface area contributed by atoms with E-state index in [0.29, 0.717) is 0 Å². The van der Waals surface area contributed by atoms with Gasteiger partial charge in [-0.05, 0) is 0 Å². The summed E-state index contributed by atoms with van der Waals surface area (Å²) < 4.78 is 28.4. The zero-order valence-electron chi connectivity index (χ0n) is 4.07. The summed E-state index contributed by atoms with van der Waals surface area (Å²) in [5.41, 5.74) is 0. The van der Waals surface area contributed by atoms with Crippen molar-refractivity contribution in [2.75, 3.05) is 12.4 Å². The van der Waals surface area contributed by atoms with Gasteiger partial charge in [-0.1, -0.05) is 0 Å². The fourth-order valence-corrected chi connectivity index (χ4v) is 0.959. The van der Waals surface area contributed by atoms with Crippen molar-refractivity contribution < 1.29 is 13.2 Å². The summed E-state index contributed by atoms with van der Waals surface area (Å²) in [5.74, 6) is 0.00347. The maximum absolute atomic E-state index is 10.4. The summed E-state index contributed by atoms with van der Waals surface area (Å²) in [6, 6.07) is 0. The fraction of sp³-hybridized carbons (Fsp3) is 0.667. The summed E-state index contributed by atoms with van der Waals surface area (Å²) in [5, 5.41) is 0. The molecule has 0 spiro atoms. The number of hydrogen-bond acceptors (Lipinski definition) is 3. The van der Waals surface area contributed by atoms with Gasteiger partial charge in [0.25, 0.3) is 10.0 Å². The molecule has 0 bridgehead atoms. The van der Waals surface area contributed by atoms with Crippen LogP contribution < -0.4 is 0 Å². The van der Waals surface area contributed by atoms with E-state index in [1.807, 2.05) is 0 Å². The highest BCUT2D eigenvalue weighted by Gasteiger charge is 2.10. The molecule has 0 saturated heterocycles. The molecule has 0 fully saturated rings. The highest BCUT2D eigenvalue weighted by Crippen LogP contribution is 1.95. The second kappa shape index (κ2) is 1.74. The Morgan fingerprint density at radius 3 is 2.62 bits per heavy atom. The average molecular weight is 135 g/mol. The van der Waals surface area contributed by atoms with Gasteiger partial charge in [0.15, 0.2) is 6.40 Å². The molecular weight excluding hydrogens is 130 g/mol. The van der Waals surface area contributed by atoms with Gasteiger partial charge in [-0.15, -0.1) is 4.40 Å². The Hall–Kier alpha value is -0.580. The monoisotopic (exact) mass is 135 g/mol. The Bertz CT molecular complexity index is 193. The molecule has 1 aliphatic heterocycles. The van der Waals surface area contributed by atoms with Crippen LogP contribution in [0.15, 0.2) is 4.40 Å². The van der Waals surface area contributed by atoms with E-state index in [0.717, 1.165) is 6.40 Å². The van der Waals surface area contributed by atoms with E-state index in [9.17, 15) is 8.42 Å². The van der Waals surface area contributed by atoms with Gasteiger partial charge in [0, 0.05) is 0 Å². The van der Waals surface area contributed by atoms with Crippen molar-refractivity contribution in [3.63, 3.8) is 0 Å². The quantitative estimate of drug-likeness (QED) is 0.444. The summed E-state index contributed by atoms with van der Waals surface area (Å²) >= 11 is 0. The zero-order valence-corrected chi connectivity index (χ0v) is 4.89. The third-order valence-corrected chi connectivity index (χ3v) is 1.83. The molecule has 0 atom stereocenters. The molecule has 0 N–H and O–H groups in total. The van der Waals surface area contributed by atoms with Crippen LogP contribution in [-0.2, 0) is 14.8 Å². The van der Waals surface area contributed by atoms with E-state index in [1.54, 1.807) is 0 Å². The normalized spacial score (nSPS) is 24.5. The van der Waals surface area contributed by atoms with E-state index in [4.69, 9.17) is 0 Å². The molecular formula is C3H5NO3S. The lowest BCUT2D eigenvalue weighted by atomic mass is 10.9. The molecule has 0 aromatic carbocycles. The topological polar surface area (TPSA) is 55.7 Å². The van der Waals surface area contributed by atoms with E-state index < -0.39 is 10.0 Å². The molecule has 1 heterocycles. The molecule has 0 amide bonds. The van der Waals surface area contributed by atoms with Crippen molar-refractivity contribution in [3.05, 3.63) is 0 Å². The van der Waals surface area contributed by atoms with Gasteiger partial charge in [-0.3, -0.25) is 0 Å². The largest absolute Gasteiger partial charge is 0.481 e. The first kappa shape index (κ1) is 5.55. The predicted octanol–water partition coefficient (Wildman–Crippen LogP) is -0.625. The summed E-state index contributed by atoms with van der Waals surface area (Å²) in [6.07, 6.45) is 0.957. The molecule has 0 aromatic heterocycles. The van der Waals surface area contributed by atoms with Gasteiger partial charge in [0.1, 0.15) is 12.4 Å². The van der Waals surface area contributed by atoms with Crippen LogP contribution in [-0.4, -0.2) is 27.2 Å². The lowest BCUT2D eigenvalue weighted by molar-refractivity contribution is 0.339. The van der Waals surface area contributed by atoms with Crippen molar-refractivity contribution in [3.8, 4) is 0 Å². The molecule has 0 aromatic rings. The standard InChI is InChI=1S/C3H5NO3S/c5-8(6)2-1-7-3-4-8/h3H,1-2H2. The smallest absolute Gasteiger partial charge is 0.259 e. The minimum Gasteiger partial charge on any atom is -0.481 e. The summed E-state index contributed by atoms with van der Waals surface area (Å²) in [4.78, 5) is 0. The van der Waals surface area contributed by atoms with E-state index in [-0.39, 0.29) is 12.4 Å². The maximum atomic E-state index is 10.4. The first-order chi connectivity index (χ1) is 3.71. The highest BCUT2D eigenvalue weighted by atomic mass is 32.2. The Morgan fingerprint density at radius 2 is 2.38 bits per heavy atom. The molecule has 0 saturated carbocycles. The summed E-state index contributed by atoms with van der Waals surface area (Å²) in [6.45, 7) is 0.228. The predicted molar refractivity (Wildman–Crippen MR) is 28.2 cm³/mol. The van der Waals surface area contributed by atoms with Crippen LogP contribution in [0.25, 0.3) is 0 Å². The summed E-state index contributed by atoms with van der Waals surface area (Å²) in [7, 11) is -3.14. The lowest BCUT2D eigenvalue weighted by Crippen LogP contribution is -2.14. The van der Waals surface area contributed by atoms with Crippen molar-refractivity contribution in [2.45, 2.75) is 0 Å². The Balaban J connectivity index is 2.87. The molecule has 1 rings (SSSR count). The van der Waals surface area contributed by atoms with Gasteiger partial charge in [0.05, 0.1) is 0 Å². The first-order valence-electron chi connectivity index (χ1n) is 2.09. The molecule has 0 unspecified atom stereocenters.